The summed E-state index contributed by atoms with van der Waals surface area (Å²) in [4.78, 5) is 2.20. The Kier molecular flexibility index (Phi) is 5.08. The first kappa shape index (κ1) is 14.6. The van der Waals surface area contributed by atoms with Crippen molar-refractivity contribution in [1.82, 2.24) is 5.32 Å². The minimum absolute atomic E-state index is 0.153. The third-order valence-corrected chi connectivity index (χ3v) is 3.87. The summed E-state index contributed by atoms with van der Waals surface area (Å²) in [7, 11) is 0. The molecule has 1 fully saturated rings. The summed E-state index contributed by atoms with van der Waals surface area (Å²) in [5, 5.41) is 13.6. The maximum absolute atomic E-state index is 9.24. The SMILES string of the molecule is CC(C)N(CCO)c1cccc(Cl)c1CNC1CC1. The highest BCUT2D eigenvalue weighted by Crippen LogP contribution is 2.30. The zero-order valence-electron chi connectivity index (χ0n) is 11.7. The van der Waals surface area contributed by atoms with Crippen LogP contribution in [-0.4, -0.2) is 30.3 Å². The maximum atomic E-state index is 9.24. The van der Waals surface area contributed by atoms with Gasteiger partial charge in [0.1, 0.15) is 0 Å². The van der Waals surface area contributed by atoms with E-state index in [1.807, 2.05) is 12.1 Å². The molecule has 0 spiro atoms. The molecule has 1 aromatic carbocycles. The van der Waals surface area contributed by atoms with Crippen LogP contribution in [-0.2, 0) is 6.54 Å². The summed E-state index contributed by atoms with van der Waals surface area (Å²) < 4.78 is 0. The van der Waals surface area contributed by atoms with Crippen molar-refractivity contribution in [2.45, 2.75) is 45.3 Å². The van der Waals surface area contributed by atoms with Crippen molar-refractivity contribution in [2.75, 3.05) is 18.1 Å². The summed E-state index contributed by atoms with van der Waals surface area (Å²) >= 11 is 6.35. The molecule has 1 aliphatic rings. The molecule has 0 bridgehead atoms. The number of hydrogen-bond donors (Lipinski definition) is 2. The Labute approximate surface area is 120 Å². The van der Waals surface area contributed by atoms with Crippen molar-refractivity contribution < 1.29 is 5.11 Å². The summed E-state index contributed by atoms with van der Waals surface area (Å²) in [6.07, 6.45) is 2.54. The van der Waals surface area contributed by atoms with Gasteiger partial charge in [-0.25, -0.2) is 0 Å². The molecule has 0 amide bonds. The first-order valence-electron chi connectivity index (χ1n) is 7.01. The average molecular weight is 283 g/mol. The zero-order chi connectivity index (χ0) is 13.8. The Morgan fingerprint density at radius 3 is 2.74 bits per heavy atom. The van der Waals surface area contributed by atoms with Crippen LogP contribution in [0.4, 0.5) is 5.69 Å². The second-order valence-electron chi connectivity index (χ2n) is 5.40. The number of aliphatic hydroxyl groups is 1. The van der Waals surface area contributed by atoms with Gasteiger partial charge in [0.25, 0.3) is 0 Å². The molecule has 0 heterocycles. The molecule has 19 heavy (non-hydrogen) atoms. The number of anilines is 1. The van der Waals surface area contributed by atoms with Crippen LogP contribution in [0.25, 0.3) is 0 Å². The number of hydrogen-bond acceptors (Lipinski definition) is 3. The molecule has 106 valence electrons. The van der Waals surface area contributed by atoms with E-state index in [9.17, 15) is 5.11 Å². The molecule has 0 aromatic heterocycles. The number of aliphatic hydroxyl groups excluding tert-OH is 1. The third kappa shape index (κ3) is 3.85. The fourth-order valence-corrected chi connectivity index (χ4v) is 2.53. The van der Waals surface area contributed by atoms with E-state index in [4.69, 9.17) is 11.6 Å². The van der Waals surface area contributed by atoms with E-state index >= 15 is 0 Å². The van der Waals surface area contributed by atoms with Crippen LogP contribution in [0.15, 0.2) is 18.2 Å². The van der Waals surface area contributed by atoms with E-state index in [2.05, 4.69) is 30.1 Å². The minimum Gasteiger partial charge on any atom is -0.395 e. The molecule has 0 atom stereocenters. The van der Waals surface area contributed by atoms with Crippen LogP contribution in [0.3, 0.4) is 0 Å². The van der Waals surface area contributed by atoms with Gasteiger partial charge in [-0.15, -0.1) is 0 Å². The molecular formula is C15H23ClN2O. The molecular weight excluding hydrogens is 260 g/mol. The molecule has 0 aliphatic heterocycles. The van der Waals surface area contributed by atoms with Gasteiger partial charge in [-0.1, -0.05) is 17.7 Å². The van der Waals surface area contributed by atoms with Gasteiger partial charge in [0.15, 0.2) is 0 Å². The van der Waals surface area contributed by atoms with Gasteiger partial charge >= 0.3 is 0 Å². The lowest BCUT2D eigenvalue weighted by Gasteiger charge is -2.31. The van der Waals surface area contributed by atoms with E-state index in [-0.39, 0.29) is 6.61 Å². The van der Waals surface area contributed by atoms with Gasteiger partial charge in [0.2, 0.25) is 0 Å². The monoisotopic (exact) mass is 282 g/mol. The molecule has 4 heteroatoms. The van der Waals surface area contributed by atoms with E-state index in [0.29, 0.717) is 18.6 Å². The largest absolute Gasteiger partial charge is 0.395 e. The fourth-order valence-electron chi connectivity index (χ4n) is 2.29. The van der Waals surface area contributed by atoms with Crippen molar-refractivity contribution in [1.29, 1.82) is 0 Å². The lowest BCUT2D eigenvalue weighted by Crippen LogP contribution is -2.34. The molecule has 1 aliphatic carbocycles. The number of halogens is 1. The van der Waals surface area contributed by atoms with Gasteiger partial charge in [-0.05, 0) is 38.8 Å². The lowest BCUT2D eigenvalue weighted by molar-refractivity contribution is 0.299. The topological polar surface area (TPSA) is 35.5 Å². The van der Waals surface area contributed by atoms with Crippen molar-refractivity contribution >= 4 is 17.3 Å². The number of nitrogens with one attached hydrogen (secondary N) is 1. The highest BCUT2D eigenvalue weighted by atomic mass is 35.5. The molecule has 0 radical (unpaired) electrons. The first-order valence-corrected chi connectivity index (χ1v) is 7.39. The molecule has 0 unspecified atom stereocenters. The second kappa shape index (κ2) is 6.60. The molecule has 3 nitrogen and oxygen atoms in total. The quantitative estimate of drug-likeness (QED) is 0.807. The zero-order valence-corrected chi connectivity index (χ0v) is 12.5. The number of benzene rings is 1. The van der Waals surface area contributed by atoms with E-state index in [1.54, 1.807) is 0 Å². The molecule has 1 saturated carbocycles. The van der Waals surface area contributed by atoms with Crippen LogP contribution >= 0.6 is 11.6 Å². The Morgan fingerprint density at radius 2 is 2.16 bits per heavy atom. The predicted molar refractivity (Wildman–Crippen MR) is 80.9 cm³/mol. The van der Waals surface area contributed by atoms with Crippen molar-refractivity contribution in [3.8, 4) is 0 Å². The van der Waals surface area contributed by atoms with Gasteiger partial charge < -0.3 is 15.3 Å². The summed E-state index contributed by atoms with van der Waals surface area (Å²) in [6.45, 7) is 5.85. The molecule has 1 aromatic rings. The highest BCUT2D eigenvalue weighted by Gasteiger charge is 2.22. The van der Waals surface area contributed by atoms with Crippen molar-refractivity contribution in [2.24, 2.45) is 0 Å². The molecule has 2 rings (SSSR count). The van der Waals surface area contributed by atoms with Crippen LogP contribution in [0, 0.1) is 0 Å². The van der Waals surface area contributed by atoms with Gasteiger partial charge in [0, 0.05) is 41.4 Å². The number of rotatable bonds is 7. The van der Waals surface area contributed by atoms with Crippen molar-refractivity contribution in [3.63, 3.8) is 0 Å². The molecule has 2 N–H and O–H groups in total. The summed E-state index contributed by atoms with van der Waals surface area (Å²) in [6, 6.07) is 7.00. The Morgan fingerprint density at radius 1 is 1.42 bits per heavy atom. The lowest BCUT2D eigenvalue weighted by atomic mass is 10.1. The summed E-state index contributed by atoms with van der Waals surface area (Å²) in [5.41, 5.74) is 2.27. The van der Waals surface area contributed by atoms with Gasteiger partial charge in [0.05, 0.1) is 6.61 Å². The summed E-state index contributed by atoms with van der Waals surface area (Å²) in [5.74, 6) is 0. The van der Waals surface area contributed by atoms with Crippen LogP contribution in [0.5, 0.6) is 0 Å². The van der Waals surface area contributed by atoms with Crippen molar-refractivity contribution in [3.05, 3.63) is 28.8 Å². The molecule has 0 saturated heterocycles. The van der Waals surface area contributed by atoms with E-state index in [1.165, 1.54) is 12.8 Å². The van der Waals surface area contributed by atoms with Gasteiger partial charge in [-0.2, -0.15) is 0 Å². The second-order valence-corrected chi connectivity index (χ2v) is 5.81. The van der Waals surface area contributed by atoms with Crippen LogP contribution in [0.2, 0.25) is 5.02 Å². The maximum Gasteiger partial charge on any atom is 0.0606 e. The number of nitrogens with zero attached hydrogens (tertiary/aromatic N) is 1. The normalized spacial score (nSPS) is 15.0. The van der Waals surface area contributed by atoms with E-state index < -0.39 is 0 Å². The first-order chi connectivity index (χ1) is 9.13. The predicted octanol–water partition coefficient (Wildman–Crippen LogP) is 2.80. The highest BCUT2D eigenvalue weighted by molar-refractivity contribution is 6.31. The van der Waals surface area contributed by atoms with Crippen LogP contribution < -0.4 is 10.2 Å². The average Bonchev–Trinajstić information content (AvgIpc) is 3.18. The van der Waals surface area contributed by atoms with Crippen LogP contribution in [0.1, 0.15) is 32.3 Å². The third-order valence-electron chi connectivity index (χ3n) is 3.51. The Bertz CT molecular complexity index is 419. The standard InChI is InChI=1S/C15H23ClN2O/c1-11(2)18(8-9-19)15-5-3-4-14(16)13(15)10-17-12-6-7-12/h3-5,11-12,17,19H,6-10H2,1-2H3. The smallest absolute Gasteiger partial charge is 0.0606 e. The Hall–Kier alpha value is -0.770. The fraction of sp³-hybridized carbons (Fsp3) is 0.600. The van der Waals surface area contributed by atoms with E-state index in [0.717, 1.165) is 22.8 Å². The Balaban J connectivity index is 2.22. The minimum atomic E-state index is 0.153. The van der Waals surface area contributed by atoms with Gasteiger partial charge in [-0.3, -0.25) is 0 Å².